The van der Waals surface area contributed by atoms with Crippen molar-refractivity contribution in [1.82, 2.24) is 4.90 Å². The van der Waals surface area contributed by atoms with Crippen molar-refractivity contribution in [3.05, 3.63) is 0 Å². The van der Waals surface area contributed by atoms with Crippen molar-refractivity contribution in [2.45, 2.75) is 110 Å². The van der Waals surface area contributed by atoms with Crippen LogP contribution < -0.4 is 0 Å². The molecule has 0 fully saturated rings. The summed E-state index contributed by atoms with van der Waals surface area (Å²) in [5, 5.41) is 25.5. The summed E-state index contributed by atoms with van der Waals surface area (Å²) in [6.45, 7) is 4.05. The second-order valence-electron chi connectivity index (χ2n) is 8.55. The minimum Gasteiger partial charge on any atom is -0.726 e. The highest BCUT2D eigenvalue weighted by atomic mass is 32.3. The lowest BCUT2D eigenvalue weighted by Crippen LogP contribution is -2.32. The molecule has 8 nitrogen and oxygen atoms in total. The molecule has 0 spiro atoms. The van der Waals surface area contributed by atoms with E-state index in [1.54, 1.807) is 4.90 Å². The van der Waals surface area contributed by atoms with E-state index in [-0.39, 0.29) is 26.4 Å². The highest BCUT2D eigenvalue weighted by Gasteiger charge is 2.00. The van der Waals surface area contributed by atoms with Crippen LogP contribution in [0.4, 0.5) is 0 Å². The Kier molecular flexibility index (Phi) is 29.5. The molecule has 3 N–H and O–H groups in total. The highest BCUT2D eigenvalue weighted by Crippen LogP contribution is 2.13. The van der Waals surface area contributed by atoms with E-state index in [1.165, 1.54) is 83.5 Å². The Hall–Kier alpha value is -0.290. The molecule has 0 aliphatic carbocycles. The molecular formula is C24H52NO7S-. The predicted octanol–water partition coefficient (Wildman–Crippen LogP) is 3.99. The fourth-order valence-electron chi connectivity index (χ4n) is 3.57. The molecule has 0 amide bonds. The highest BCUT2D eigenvalue weighted by molar-refractivity contribution is 7.80. The van der Waals surface area contributed by atoms with Gasteiger partial charge < -0.3 is 19.9 Å². The van der Waals surface area contributed by atoms with Crippen LogP contribution in [0.5, 0.6) is 0 Å². The molecule has 0 aliphatic rings. The van der Waals surface area contributed by atoms with Crippen LogP contribution in [0, 0.1) is 0 Å². The van der Waals surface area contributed by atoms with Gasteiger partial charge in [-0.25, -0.2) is 8.42 Å². The molecule has 202 valence electrons. The number of unbranched alkanes of at least 4 members (excludes halogenated alkanes) is 15. The number of hydrogen-bond donors (Lipinski definition) is 3. The fraction of sp³-hybridized carbons (Fsp3) is 1.00. The van der Waals surface area contributed by atoms with Crippen molar-refractivity contribution in [2.24, 2.45) is 0 Å². The molecule has 0 heterocycles. The van der Waals surface area contributed by atoms with Crippen molar-refractivity contribution in [1.29, 1.82) is 0 Å². The summed E-state index contributed by atoms with van der Waals surface area (Å²) in [6.07, 6.45) is 20.3. The van der Waals surface area contributed by atoms with E-state index in [9.17, 15) is 13.0 Å². The van der Waals surface area contributed by atoms with Crippen LogP contribution in [0.3, 0.4) is 0 Å². The molecule has 0 aliphatic heterocycles. The summed E-state index contributed by atoms with van der Waals surface area (Å²) in [6, 6.07) is 0. The Labute approximate surface area is 203 Å². The third kappa shape index (κ3) is 34.0. The maximum absolute atomic E-state index is 10.2. The quantitative estimate of drug-likeness (QED) is 0.103. The van der Waals surface area contributed by atoms with Crippen LogP contribution in [-0.2, 0) is 14.6 Å². The van der Waals surface area contributed by atoms with Gasteiger partial charge in [0.2, 0.25) is 10.4 Å². The second-order valence-corrected chi connectivity index (χ2v) is 9.60. The monoisotopic (exact) mass is 498 g/mol. The summed E-state index contributed by atoms with van der Waals surface area (Å²) in [4.78, 5) is 1.79. The van der Waals surface area contributed by atoms with Crippen LogP contribution in [0.15, 0.2) is 0 Å². The molecule has 0 saturated carbocycles. The zero-order chi connectivity index (χ0) is 25.0. The summed E-state index contributed by atoms with van der Waals surface area (Å²) >= 11 is 0. The zero-order valence-electron chi connectivity index (χ0n) is 21.1. The van der Waals surface area contributed by atoms with Gasteiger partial charge in [-0.15, -0.1) is 0 Å². The van der Waals surface area contributed by atoms with Crippen molar-refractivity contribution < 1.29 is 32.5 Å². The number of rotatable bonds is 24. The Bertz CT molecular complexity index is 449. The van der Waals surface area contributed by atoms with E-state index in [2.05, 4.69) is 11.1 Å². The lowest BCUT2D eigenvalue weighted by Gasteiger charge is -2.17. The summed E-state index contributed by atoms with van der Waals surface area (Å²) < 4.78 is 34.8. The van der Waals surface area contributed by atoms with Crippen LogP contribution in [-0.4, -0.2) is 79.3 Å². The van der Waals surface area contributed by atoms with E-state index in [0.29, 0.717) is 26.1 Å². The first-order chi connectivity index (χ1) is 15.9. The number of nitrogens with zero attached hydrogens (tertiary/aromatic N) is 1. The third-order valence-electron chi connectivity index (χ3n) is 5.47. The molecule has 33 heavy (non-hydrogen) atoms. The smallest absolute Gasteiger partial charge is 0.217 e. The van der Waals surface area contributed by atoms with Gasteiger partial charge in [-0.1, -0.05) is 103 Å². The van der Waals surface area contributed by atoms with Crippen LogP contribution in [0.25, 0.3) is 0 Å². The molecule has 0 aromatic rings. The molecule has 0 aromatic carbocycles. The summed E-state index contributed by atoms with van der Waals surface area (Å²) in [5.74, 6) is 0. The van der Waals surface area contributed by atoms with Crippen molar-refractivity contribution >= 4 is 10.4 Å². The lowest BCUT2D eigenvalue weighted by molar-refractivity contribution is 0.136. The first kappa shape index (κ1) is 34.9. The maximum Gasteiger partial charge on any atom is 0.217 e. The third-order valence-corrected chi connectivity index (χ3v) is 5.93. The molecule has 0 aromatic heterocycles. The van der Waals surface area contributed by atoms with Crippen molar-refractivity contribution in [3.8, 4) is 0 Å². The SMILES string of the molecule is CCCCCCCCCCCCCCCCCCOS(=O)(=O)[O-].OCCN(CCO)CCO. The Balaban J connectivity index is 0. The van der Waals surface area contributed by atoms with Crippen LogP contribution in [0.2, 0.25) is 0 Å². The van der Waals surface area contributed by atoms with Gasteiger partial charge in [0.05, 0.1) is 26.4 Å². The van der Waals surface area contributed by atoms with Gasteiger partial charge in [0.25, 0.3) is 0 Å². The number of hydrogen-bond acceptors (Lipinski definition) is 8. The number of aliphatic hydroxyl groups is 3. The van der Waals surface area contributed by atoms with Gasteiger partial charge in [0.15, 0.2) is 0 Å². The number of aliphatic hydroxyl groups excluding tert-OH is 3. The molecule has 0 saturated heterocycles. The fourth-order valence-corrected chi connectivity index (χ4v) is 3.89. The van der Waals surface area contributed by atoms with E-state index in [0.717, 1.165) is 12.8 Å². The molecule has 0 rings (SSSR count). The largest absolute Gasteiger partial charge is 0.726 e. The van der Waals surface area contributed by atoms with Crippen LogP contribution in [0.1, 0.15) is 110 Å². The topological polar surface area (TPSA) is 130 Å². The Morgan fingerprint density at radius 3 is 1.18 bits per heavy atom. The van der Waals surface area contributed by atoms with Gasteiger partial charge in [0, 0.05) is 19.6 Å². The Morgan fingerprint density at radius 1 is 0.606 bits per heavy atom. The van der Waals surface area contributed by atoms with E-state index in [1.807, 2.05) is 0 Å². The van der Waals surface area contributed by atoms with Crippen molar-refractivity contribution in [2.75, 3.05) is 46.1 Å². The first-order valence-electron chi connectivity index (χ1n) is 13.1. The van der Waals surface area contributed by atoms with Crippen molar-refractivity contribution in [3.63, 3.8) is 0 Å². The van der Waals surface area contributed by atoms with E-state index in [4.69, 9.17) is 15.3 Å². The van der Waals surface area contributed by atoms with Gasteiger partial charge in [0.1, 0.15) is 0 Å². The average Bonchev–Trinajstić information content (AvgIpc) is 2.76. The summed E-state index contributed by atoms with van der Waals surface area (Å²) in [7, 11) is -4.49. The standard InChI is InChI=1S/C18H38O4S.C6H15NO3/c1-2-3-4-5-6-7-8-9-10-11-12-13-14-15-16-17-18-22-23(19,20)21;8-4-1-7(2-5-9)3-6-10/h2-18H2,1H3,(H,19,20,21);8-10H,1-6H2/p-1. The molecule has 0 bridgehead atoms. The minimum absolute atomic E-state index is 0.0320. The maximum atomic E-state index is 10.2. The molecular weight excluding hydrogens is 446 g/mol. The lowest BCUT2D eigenvalue weighted by atomic mass is 10.0. The van der Waals surface area contributed by atoms with Gasteiger partial charge in [-0.05, 0) is 6.42 Å². The minimum atomic E-state index is -4.49. The molecule has 0 unspecified atom stereocenters. The van der Waals surface area contributed by atoms with Gasteiger partial charge >= 0.3 is 0 Å². The normalized spacial score (nSPS) is 11.6. The van der Waals surface area contributed by atoms with Gasteiger partial charge in [-0.3, -0.25) is 9.08 Å². The second kappa shape index (κ2) is 28.0. The predicted molar refractivity (Wildman–Crippen MR) is 133 cm³/mol. The molecule has 0 atom stereocenters. The summed E-state index contributed by atoms with van der Waals surface area (Å²) in [5.41, 5.74) is 0. The van der Waals surface area contributed by atoms with E-state index < -0.39 is 10.4 Å². The molecule has 0 radical (unpaired) electrons. The average molecular weight is 499 g/mol. The van der Waals surface area contributed by atoms with Gasteiger partial charge in [-0.2, -0.15) is 0 Å². The van der Waals surface area contributed by atoms with Crippen LogP contribution >= 0.6 is 0 Å². The van der Waals surface area contributed by atoms with E-state index >= 15 is 0 Å². The Morgan fingerprint density at radius 2 is 0.909 bits per heavy atom. The first-order valence-corrected chi connectivity index (χ1v) is 14.4. The zero-order valence-corrected chi connectivity index (χ0v) is 21.9. The molecule has 9 heteroatoms.